The number of aromatic nitrogens is 3. The molecule has 0 saturated carbocycles. The van der Waals surface area contributed by atoms with Crippen molar-refractivity contribution in [2.75, 3.05) is 42.9 Å². The molecule has 1 aromatic heterocycles. The standard InChI is InChI=1S/C16H19ClN6O/c17-14-3-1-13(2-4-14)5-6-18-16-20-15(11-19-21-16)23-9-7-22(12-24)8-10-23/h1-4,11-12H,5-10H2,(H,18,20,21). The van der Waals surface area contributed by atoms with Gasteiger partial charge in [-0.2, -0.15) is 10.1 Å². The topological polar surface area (TPSA) is 74.2 Å². The highest BCUT2D eigenvalue weighted by Gasteiger charge is 2.17. The van der Waals surface area contributed by atoms with E-state index < -0.39 is 0 Å². The van der Waals surface area contributed by atoms with E-state index in [-0.39, 0.29) is 0 Å². The molecule has 0 bridgehead atoms. The van der Waals surface area contributed by atoms with E-state index in [0.29, 0.717) is 25.6 Å². The maximum atomic E-state index is 10.8. The smallest absolute Gasteiger partial charge is 0.244 e. The number of piperazine rings is 1. The first-order valence-corrected chi connectivity index (χ1v) is 8.25. The van der Waals surface area contributed by atoms with Gasteiger partial charge in [-0.3, -0.25) is 4.79 Å². The van der Waals surface area contributed by atoms with Gasteiger partial charge in [-0.1, -0.05) is 23.7 Å². The zero-order valence-corrected chi connectivity index (χ0v) is 14.0. The van der Waals surface area contributed by atoms with Crippen LogP contribution < -0.4 is 10.2 Å². The molecule has 0 radical (unpaired) electrons. The molecule has 0 aliphatic carbocycles. The summed E-state index contributed by atoms with van der Waals surface area (Å²) in [6.07, 6.45) is 3.39. The molecule has 7 nitrogen and oxygen atoms in total. The highest BCUT2D eigenvalue weighted by atomic mass is 35.5. The third-order valence-corrected chi connectivity index (χ3v) is 4.20. The van der Waals surface area contributed by atoms with Gasteiger partial charge in [0.15, 0.2) is 5.82 Å². The van der Waals surface area contributed by atoms with Crippen molar-refractivity contribution in [2.24, 2.45) is 0 Å². The monoisotopic (exact) mass is 346 g/mol. The third kappa shape index (κ3) is 4.32. The Labute approximate surface area is 145 Å². The normalized spacial score (nSPS) is 14.5. The number of amides is 1. The van der Waals surface area contributed by atoms with Gasteiger partial charge < -0.3 is 15.1 Å². The van der Waals surface area contributed by atoms with Crippen LogP contribution in [0.25, 0.3) is 0 Å². The van der Waals surface area contributed by atoms with Crippen molar-refractivity contribution >= 4 is 29.8 Å². The maximum absolute atomic E-state index is 10.8. The van der Waals surface area contributed by atoms with Crippen LogP contribution in [-0.2, 0) is 11.2 Å². The minimum Gasteiger partial charge on any atom is -0.353 e. The summed E-state index contributed by atoms with van der Waals surface area (Å²) in [4.78, 5) is 19.1. The molecular formula is C16H19ClN6O. The molecule has 3 rings (SSSR count). The Morgan fingerprint density at radius 2 is 1.92 bits per heavy atom. The number of benzene rings is 1. The molecular weight excluding hydrogens is 328 g/mol. The van der Waals surface area contributed by atoms with Crippen molar-refractivity contribution in [3.8, 4) is 0 Å². The van der Waals surface area contributed by atoms with E-state index in [1.807, 2.05) is 24.3 Å². The van der Waals surface area contributed by atoms with E-state index in [2.05, 4.69) is 25.4 Å². The van der Waals surface area contributed by atoms with Gasteiger partial charge in [0.05, 0.1) is 6.20 Å². The second-order valence-corrected chi connectivity index (χ2v) is 6.01. The summed E-state index contributed by atoms with van der Waals surface area (Å²) in [6.45, 7) is 3.62. The first-order chi connectivity index (χ1) is 11.7. The molecule has 1 saturated heterocycles. The van der Waals surface area contributed by atoms with Gasteiger partial charge in [-0.15, -0.1) is 5.10 Å². The molecule has 1 aromatic carbocycles. The van der Waals surface area contributed by atoms with Gasteiger partial charge in [-0.05, 0) is 24.1 Å². The second kappa shape index (κ2) is 7.92. The Morgan fingerprint density at radius 3 is 2.62 bits per heavy atom. The first kappa shape index (κ1) is 16.4. The second-order valence-electron chi connectivity index (χ2n) is 5.57. The molecule has 2 aromatic rings. The van der Waals surface area contributed by atoms with Gasteiger partial charge in [0, 0.05) is 37.7 Å². The van der Waals surface area contributed by atoms with E-state index in [9.17, 15) is 4.79 Å². The molecule has 1 N–H and O–H groups in total. The van der Waals surface area contributed by atoms with Crippen LogP contribution in [0.2, 0.25) is 5.02 Å². The van der Waals surface area contributed by atoms with Crippen LogP contribution in [0.4, 0.5) is 11.8 Å². The number of carbonyl (C=O) groups is 1. The molecule has 1 amide bonds. The molecule has 24 heavy (non-hydrogen) atoms. The van der Waals surface area contributed by atoms with Crippen molar-refractivity contribution in [1.82, 2.24) is 20.1 Å². The number of nitrogens with one attached hydrogen (secondary N) is 1. The van der Waals surface area contributed by atoms with Crippen LogP contribution in [0.5, 0.6) is 0 Å². The summed E-state index contributed by atoms with van der Waals surface area (Å²) < 4.78 is 0. The fourth-order valence-electron chi connectivity index (χ4n) is 2.55. The van der Waals surface area contributed by atoms with Crippen molar-refractivity contribution in [1.29, 1.82) is 0 Å². The molecule has 8 heteroatoms. The third-order valence-electron chi connectivity index (χ3n) is 3.94. The van der Waals surface area contributed by atoms with Gasteiger partial charge in [-0.25, -0.2) is 0 Å². The minimum atomic E-state index is 0.513. The van der Waals surface area contributed by atoms with Crippen molar-refractivity contribution in [3.05, 3.63) is 41.0 Å². The molecule has 126 valence electrons. The molecule has 0 unspecified atom stereocenters. The van der Waals surface area contributed by atoms with E-state index >= 15 is 0 Å². The Hall–Kier alpha value is -2.41. The van der Waals surface area contributed by atoms with Crippen molar-refractivity contribution in [3.63, 3.8) is 0 Å². The molecule has 1 fully saturated rings. The lowest BCUT2D eigenvalue weighted by atomic mass is 10.1. The van der Waals surface area contributed by atoms with Crippen LogP contribution >= 0.6 is 11.6 Å². The molecule has 2 heterocycles. The zero-order chi connectivity index (χ0) is 16.8. The first-order valence-electron chi connectivity index (χ1n) is 7.87. The molecule has 0 spiro atoms. The average molecular weight is 347 g/mol. The number of carbonyl (C=O) groups excluding carboxylic acids is 1. The van der Waals surface area contributed by atoms with E-state index in [0.717, 1.165) is 36.8 Å². The van der Waals surface area contributed by atoms with Crippen LogP contribution in [0.15, 0.2) is 30.5 Å². The van der Waals surface area contributed by atoms with Crippen LogP contribution in [0.3, 0.4) is 0 Å². The van der Waals surface area contributed by atoms with Gasteiger partial charge in [0.1, 0.15) is 0 Å². The van der Waals surface area contributed by atoms with Gasteiger partial charge in [0.25, 0.3) is 0 Å². The van der Waals surface area contributed by atoms with Crippen LogP contribution in [0, 0.1) is 0 Å². The van der Waals surface area contributed by atoms with Crippen molar-refractivity contribution in [2.45, 2.75) is 6.42 Å². The highest BCUT2D eigenvalue weighted by Crippen LogP contribution is 2.13. The average Bonchev–Trinajstić information content (AvgIpc) is 2.64. The summed E-state index contributed by atoms with van der Waals surface area (Å²) in [5.74, 6) is 1.30. The Morgan fingerprint density at radius 1 is 1.17 bits per heavy atom. The Balaban J connectivity index is 1.53. The predicted octanol–water partition coefficient (Wildman–Crippen LogP) is 1.46. The Kier molecular flexibility index (Phi) is 5.43. The largest absolute Gasteiger partial charge is 0.353 e. The molecule has 1 aliphatic heterocycles. The quantitative estimate of drug-likeness (QED) is 0.798. The van der Waals surface area contributed by atoms with Crippen LogP contribution in [-0.4, -0.2) is 59.2 Å². The lowest BCUT2D eigenvalue weighted by Crippen LogP contribution is -2.46. The lowest BCUT2D eigenvalue weighted by Gasteiger charge is -2.33. The van der Waals surface area contributed by atoms with E-state index in [1.54, 1.807) is 11.1 Å². The summed E-state index contributed by atoms with van der Waals surface area (Å²) in [5.41, 5.74) is 1.20. The Bertz CT molecular complexity index is 673. The predicted molar refractivity (Wildman–Crippen MR) is 93.3 cm³/mol. The van der Waals surface area contributed by atoms with Crippen LogP contribution in [0.1, 0.15) is 5.56 Å². The van der Waals surface area contributed by atoms with E-state index in [4.69, 9.17) is 11.6 Å². The van der Waals surface area contributed by atoms with E-state index in [1.165, 1.54) is 5.56 Å². The fourth-order valence-corrected chi connectivity index (χ4v) is 2.67. The number of anilines is 2. The minimum absolute atomic E-state index is 0.513. The summed E-state index contributed by atoms with van der Waals surface area (Å²) in [6, 6.07) is 7.78. The lowest BCUT2D eigenvalue weighted by molar-refractivity contribution is -0.118. The number of nitrogens with zero attached hydrogens (tertiary/aromatic N) is 5. The summed E-state index contributed by atoms with van der Waals surface area (Å²) in [5, 5.41) is 12.0. The SMILES string of the molecule is O=CN1CCN(c2cnnc(NCCc3ccc(Cl)cc3)n2)CC1. The highest BCUT2D eigenvalue weighted by molar-refractivity contribution is 6.30. The molecule has 1 aliphatic rings. The maximum Gasteiger partial charge on any atom is 0.244 e. The number of rotatable bonds is 6. The fraction of sp³-hybridized carbons (Fsp3) is 0.375. The van der Waals surface area contributed by atoms with Crippen molar-refractivity contribution < 1.29 is 4.79 Å². The molecule has 0 atom stereocenters. The number of hydrogen-bond acceptors (Lipinski definition) is 6. The zero-order valence-electron chi connectivity index (χ0n) is 13.2. The summed E-state index contributed by atoms with van der Waals surface area (Å²) >= 11 is 5.88. The number of hydrogen-bond donors (Lipinski definition) is 1. The van der Waals surface area contributed by atoms with Gasteiger partial charge >= 0.3 is 0 Å². The van der Waals surface area contributed by atoms with Gasteiger partial charge in [0.2, 0.25) is 12.4 Å². The summed E-state index contributed by atoms with van der Waals surface area (Å²) in [7, 11) is 0. The number of halogens is 1.